The van der Waals surface area contributed by atoms with Crippen LogP contribution < -0.4 is 5.32 Å². The third kappa shape index (κ3) is 2.39. The van der Waals surface area contributed by atoms with Crippen LogP contribution in [0.25, 0.3) is 0 Å². The molecule has 1 rings (SSSR count). The van der Waals surface area contributed by atoms with Crippen LogP contribution in [-0.4, -0.2) is 26.5 Å². The molecule has 0 fully saturated rings. The molecule has 1 aromatic rings. The number of aromatic nitrogens is 2. The number of hydrogen-bond acceptors (Lipinski definition) is 3. The molecule has 0 aliphatic heterocycles. The van der Waals surface area contributed by atoms with Crippen molar-refractivity contribution in [3.05, 3.63) is 18.2 Å². The predicted octanol–water partition coefficient (Wildman–Crippen LogP) is 0.147. The van der Waals surface area contributed by atoms with Crippen LogP contribution in [0.4, 0.5) is 0 Å². The monoisotopic (exact) mass is 225 g/mol. The summed E-state index contributed by atoms with van der Waals surface area (Å²) in [4.78, 5) is 26.4. The van der Waals surface area contributed by atoms with Crippen LogP contribution in [0.2, 0.25) is 0 Å². The molecule has 2 N–H and O–H groups in total. The number of amides is 1. The molecule has 0 saturated carbocycles. The number of aliphatic carboxylic acids is 1. The second-order valence-corrected chi connectivity index (χ2v) is 4.07. The first-order valence-electron chi connectivity index (χ1n) is 4.83. The number of carbonyl (C=O) groups excluding carboxylic acids is 1. The fraction of sp³-hybridized carbons (Fsp3) is 0.500. The van der Waals surface area contributed by atoms with Gasteiger partial charge in [0, 0.05) is 19.4 Å². The molecule has 88 valence electrons. The molecule has 0 bridgehead atoms. The van der Waals surface area contributed by atoms with Crippen LogP contribution in [-0.2, 0) is 23.2 Å². The van der Waals surface area contributed by atoms with Gasteiger partial charge in [-0.25, -0.2) is 4.98 Å². The summed E-state index contributed by atoms with van der Waals surface area (Å²) in [5.41, 5.74) is -1.43. The third-order valence-electron chi connectivity index (χ3n) is 2.43. The first-order chi connectivity index (χ1) is 7.35. The highest BCUT2D eigenvalue weighted by Gasteiger charge is 2.35. The molecule has 6 heteroatoms. The molecule has 0 aliphatic rings. The van der Waals surface area contributed by atoms with Gasteiger partial charge in [-0.05, 0) is 13.8 Å². The van der Waals surface area contributed by atoms with Gasteiger partial charge in [-0.1, -0.05) is 0 Å². The number of carboxylic acids is 1. The molecular weight excluding hydrogens is 210 g/mol. The lowest BCUT2D eigenvalue weighted by Crippen LogP contribution is -2.42. The number of imidazole rings is 1. The number of hydrogen-bond donors (Lipinski definition) is 2. The van der Waals surface area contributed by atoms with Crippen molar-refractivity contribution in [2.75, 3.05) is 0 Å². The summed E-state index contributed by atoms with van der Waals surface area (Å²) in [5, 5.41) is 11.4. The third-order valence-corrected chi connectivity index (χ3v) is 2.43. The average Bonchev–Trinajstić information content (AvgIpc) is 2.60. The minimum absolute atomic E-state index is 0.221. The van der Waals surface area contributed by atoms with Crippen molar-refractivity contribution in [2.45, 2.75) is 20.4 Å². The highest BCUT2D eigenvalue weighted by atomic mass is 16.4. The SMILES string of the molecule is Cn1ccnc1CNC(=O)C(C)(C)C(=O)O. The van der Waals surface area contributed by atoms with E-state index in [9.17, 15) is 9.59 Å². The van der Waals surface area contributed by atoms with Crippen LogP contribution in [0, 0.1) is 5.41 Å². The number of carboxylic acid groups (broad SMARTS) is 1. The molecule has 6 nitrogen and oxygen atoms in total. The molecule has 0 spiro atoms. The van der Waals surface area contributed by atoms with Gasteiger partial charge in [-0.2, -0.15) is 0 Å². The zero-order valence-electron chi connectivity index (χ0n) is 9.52. The lowest BCUT2D eigenvalue weighted by Gasteiger charge is -2.18. The van der Waals surface area contributed by atoms with E-state index >= 15 is 0 Å². The molecule has 1 heterocycles. The van der Waals surface area contributed by atoms with E-state index in [1.807, 2.05) is 0 Å². The summed E-state index contributed by atoms with van der Waals surface area (Å²) in [6, 6.07) is 0. The maximum absolute atomic E-state index is 11.6. The van der Waals surface area contributed by atoms with E-state index in [4.69, 9.17) is 5.11 Å². The summed E-state index contributed by atoms with van der Waals surface area (Å²) in [6.07, 6.45) is 3.37. The number of nitrogens with one attached hydrogen (secondary N) is 1. The van der Waals surface area contributed by atoms with Crippen molar-refractivity contribution in [1.29, 1.82) is 0 Å². The van der Waals surface area contributed by atoms with E-state index in [1.54, 1.807) is 24.0 Å². The van der Waals surface area contributed by atoms with Gasteiger partial charge in [-0.15, -0.1) is 0 Å². The Hall–Kier alpha value is -1.85. The molecule has 0 radical (unpaired) electrons. The topological polar surface area (TPSA) is 84.2 Å². The second kappa shape index (κ2) is 4.34. The van der Waals surface area contributed by atoms with Gasteiger partial charge < -0.3 is 15.0 Å². The average molecular weight is 225 g/mol. The molecule has 0 saturated heterocycles. The van der Waals surface area contributed by atoms with E-state index in [1.165, 1.54) is 13.8 Å². The van der Waals surface area contributed by atoms with Crippen LogP contribution >= 0.6 is 0 Å². The Morgan fingerprint density at radius 3 is 2.62 bits per heavy atom. The normalized spacial score (nSPS) is 11.2. The maximum atomic E-state index is 11.6. The Labute approximate surface area is 93.3 Å². The van der Waals surface area contributed by atoms with Crippen molar-refractivity contribution in [3.8, 4) is 0 Å². The van der Waals surface area contributed by atoms with Gasteiger partial charge in [0.05, 0.1) is 6.54 Å². The molecule has 0 unspecified atom stereocenters. The van der Waals surface area contributed by atoms with Crippen molar-refractivity contribution >= 4 is 11.9 Å². The van der Waals surface area contributed by atoms with Crippen LogP contribution in [0.5, 0.6) is 0 Å². The molecule has 1 aromatic heterocycles. The smallest absolute Gasteiger partial charge is 0.318 e. The number of aryl methyl sites for hydroxylation is 1. The maximum Gasteiger partial charge on any atom is 0.318 e. The minimum atomic E-state index is -1.43. The van der Waals surface area contributed by atoms with E-state index in [0.717, 1.165) is 0 Å². The first-order valence-corrected chi connectivity index (χ1v) is 4.83. The fourth-order valence-corrected chi connectivity index (χ4v) is 1.04. The van der Waals surface area contributed by atoms with Gasteiger partial charge in [0.15, 0.2) is 0 Å². The summed E-state index contributed by atoms with van der Waals surface area (Å²) in [5.74, 6) is -0.998. The standard InChI is InChI=1S/C10H15N3O3/c1-10(2,9(15)16)8(14)12-6-7-11-4-5-13(7)3/h4-5H,6H2,1-3H3,(H,12,14)(H,15,16). The summed E-state index contributed by atoms with van der Waals surface area (Å²) >= 11 is 0. The number of rotatable bonds is 4. The largest absolute Gasteiger partial charge is 0.480 e. The van der Waals surface area contributed by atoms with Crippen molar-refractivity contribution in [2.24, 2.45) is 12.5 Å². The Kier molecular flexibility index (Phi) is 3.31. The Balaban J connectivity index is 2.60. The summed E-state index contributed by atoms with van der Waals surface area (Å²) in [7, 11) is 1.80. The Morgan fingerprint density at radius 1 is 1.56 bits per heavy atom. The number of nitrogens with zero attached hydrogens (tertiary/aromatic N) is 2. The van der Waals surface area contributed by atoms with Crippen molar-refractivity contribution in [3.63, 3.8) is 0 Å². The lowest BCUT2D eigenvalue weighted by atomic mass is 9.93. The van der Waals surface area contributed by atoms with Gasteiger partial charge >= 0.3 is 5.97 Å². The lowest BCUT2D eigenvalue weighted by molar-refractivity contribution is -0.153. The highest BCUT2D eigenvalue weighted by molar-refractivity contribution is 6.00. The van der Waals surface area contributed by atoms with E-state index in [2.05, 4.69) is 10.3 Å². The zero-order chi connectivity index (χ0) is 12.3. The van der Waals surface area contributed by atoms with E-state index in [-0.39, 0.29) is 6.54 Å². The van der Waals surface area contributed by atoms with Crippen LogP contribution in [0.1, 0.15) is 19.7 Å². The van der Waals surface area contributed by atoms with Crippen molar-refractivity contribution < 1.29 is 14.7 Å². The minimum Gasteiger partial charge on any atom is -0.480 e. The summed E-state index contributed by atoms with van der Waals surface area (Å²) < 4.78 is 1.76. The molecule has 0 atom stereocenters. The molecule has 0 aliphatic carbocycles. The van der Waals surface area contributed by atoms with Crippen molar-refractivity contribution in [1.82, 2.24) is 14.9 Å². The summed E-state index contributed by atoms with van der Waals surface area (Å²) in [6.45, 7) is 2.95. The van der Waals surface area contributed by atoms with Gasteiger partial charge in [0.25, 0.3) is 0 Å². The predicted molar refractivity (Wildman–Crippen MR) is 56.5 cm³/mol. The van der Waals surface area contributed by atoms with E-state index < -0.39 is 17.3 Å². The van der Waals surface area contributed by atoms with Crippen LogP contribution in [0.3, 0.4) is 0 Å². The highest BCUT2D eigenvalue weighted by Crippen LogP contribution is 2.15. The Bertz CT molecular complexity index is 409. The van der Waals surface area contributed by atoms with Gasteiger partial charge in [0.2, 0.25) is 5.91 Å². The second-order valence-electron chi connectivity index (χ2n) is 4.07. The fourth-order valence-electron chi connectivity index (χ4n) is 1.04. The number of carbonyl (C=O) groups is 2. The molecule has 0 aromatic carbocycles. The van der Waals surface area contributed by atoms with Gasteiger partial charge in [0.1, 0.15) is 11.2 Å². The molecule has 16 heavy (non-hydrogen) atoms. The van der Waals surface area contributed by atoms with Gasteiger partial charge in [-0.3, -0.25) is 9.59 Å². The first kappa shape index (κ1) is 12.2. The quantitative estimate of drug-likeness (QED) is 0.714. The molecular formula is C10H15N3O3. The zero-order valence-corrected chi connectivity index (χ0v) is 9.52. The van der Waals surface area contributed by atoms with Crippen LogP contribution in [0.15, 0.2) is 12.4 Å². The Morgan fingerprint density at radius 2 is 2.19 bits per heavy atom. The van der Waals surface area contributed by atoms with E-state index in [0.29, 0.717) is 5.82 Å². The molecule has 1 amide bonds.